The van der Waals surface area contributed by atoms with E-state index in [1.807, 2.05) is 45.9 Å². The molecule has 7 nitrogen and oxygen atoms in total. The van der Waals surface area contributed by atoms with Gasteiger partial charge in [-0.05, 0) is 31.4 Å². The van der Waals surface area contributed by atoms with Crippen molar-refractivity contribution in [2.45, 2.75) is 38.8 Å². The van der Waals surface area contributed by atoms with Crippen LogP contribution in [0.25, 0.3) is 5.78 Å². The first-order valence-corrected chi connectivity index (χ1v) is 9.32. The SMILES string of the molecule is Cc1ccc(NC(=O)CSc2nnc3[nH]c(=O)cc(C(C)C)n23)c(C)c1. The maximum atomic E-state index is 12.3. The molecular weight excluding hydrogens is 350 g/mol. The van der Waals surface area contributed by atoms with Crippen molar-refractivity contribution in [3.8, 4) is 0 Å². The van der Waals surface area contributed by atoms with Crippen LogP contribution in [0, 0.1) is 13.8 Å². The lowest BCUT2D eigenvalue weighted by Crippen LogP contribution is -2.16. The van der Waals surface area contributed by atoms with Gasteiger partial charge in [0.25, 0.3) is 5.56 Å². The smallest absolute Gasteiger partial charge is 0.252 e. The minimum absolute atomic E-state index is 0.116. The van der Waals surface area contributed by atoms with E-state index in [2.05, 4.69) is 20.5 Å². The summed E-state index contributed by atoms with van der Waals surface area (Å²) >= 11 is 1.29. The molecule has 2 aromatic heterocycles. The van der Waals surface area contributed by atoms with Crippen LogP contribution in [0.5, 0.6) is 0 Å². The fourth-order valence-corrected chi connectivity index (χ4v) is 3.47. The first-order valence-electron chi connectivity index (χ1n) is 8.33. The average molecular weight is 371 g/mol. The third-order valence-electron chi connectivity index (χ3n) is 3.99. The van der Waals surface area contributed by atoms with Crippen LogP contribution in [0.4, 0.5) is 5.69 Å². The summed E-state index contributed by atoms with van der Waals surface area (Å²) in [4.78, 5) is 26.7. The highest BCUT2D eigenvalue weighted by Crippen LogP contribution is 2.22. The van der Waals surface area contributed by atoms with Crippen LogP contribution in [-0.4, -0.2) is 31.2 Å². The molecule has 0 unspecified atom stereocenters. The zero-order valence-corrected chi connectivity index (χ0v) is 16.0. The highest BCUT2D eigenvalue weighted by molar-refractivity contribution is 7.99. The Labute approximate surface area is 155 Å². The normalized spacial score (nSPS) is 11.3. The molecule has 0 aliphatic rings. The molecule has 3 rings (SSSR count). The number of carbonyl (C=O) groups is 1. The number of hydrogen-bond donors (Lipinski definition) is 2. The van der Waals surface area contributed by atoms with Crippen LogP contribution >= 0.6 is 11.8 Å². The Kier molecular flexibility index (Phi) is 5.13. The van der Waals surface area contributed by atoms with Gasteiger partial charge >= 0.3 is 0 Å². The van der Waals surface area contributed by atoms with Crippen LogP contribution in [-0.2, 0) is 4.79 Å². The van der Waals surface area contributed by atoms with Crippen LogP contribution < -0.4 is 10.9 Å². The van der Waals surface area contributed by atoms with Gasteiger partial charge in [-0.1, -0.05) is 43.3 Å². The van der Waals surface area contributed by atoms with Gasteiger partial charge in [-0.25, -0.2) is 0 Å². The molecule has 1 aromatic carbocycles. The molecule has 0 bridgehead atoms. The number of amides is 1. The molecule has 3 aromatic rings. The number of thioether (sulfide) groups is 1. The van der Waals surface area contributed by atoms with Crippen molar-refractivity contribution in [2.24, 2.45) is 0 Å². The molecule has 136 valence electrons. The van der Waals surface area contributed by atoms with Gasteiger partial charge in [-0.3, -0.25) is 19.0 Å². The summed E-state index contributed by atoms with van der Waals surface area (Å²) in [6.45, 7) is 7.97. The lowest BCUT2D eigenvalue weighted by Gasteiger charge is -2.10. The number of carbonyl (C=O) groups excluding carboxylic acids is 1. The Bertz CT molecular complexity index is 1020. The summed E-state index contributed by atoms with van der Waals surface area (Å²) in [5.74, 6) is 0.594. The van der Waals surface area contributed by atoms with Crippen molar-refractivity contribution in [3.63, 3.8) is 0 Å². The molecule has 2 N–H and O–H groups in total. The van der Waals surface area contributed by atoms with Crippen molar-refractivity contribution in [1.29, 1.82) is 0 Å². The van der Waals surface area contributed by atoms with E-state index in [0.29, 0.717) is 10.9 Å². The molecule has 1 amide bonds. The number of rotatable bonds is 5. The lowest BCUT2D eigenvalue weighted by molar-refractivity contribution is -0.113. The first-order chi connectivity index (χ1) is 12.3. The fourth-order valence-electron chi connectivity index (χ4n) is 2.72. The van der Waals surface area contributed by atoms with Crippen LogP contribution in [0.1, 0.15) is 36.6 Å². The van der Waals surface area contributed by atoms with Crippen molar-refractivity contribution < 1.29 is 4.79 Å². The number of H-pyrrole nitrogens is 1. The van der Waals surface area contributed by atoms with Crippen LogP contribution in [0.3, 0.4) is 0 Å². The molecule has 0 saturated heterocycles. The van der Waals surface area contributed by atoms with E-state index >= 15 is 0 Å². The zero-order valence-electron chi connectivity index (χ0n) is 15.2. The van der Waals surface area contributed by atoms with Gasteiger partial charge in [-0.15, -0.1) is 10.2 Å². The number of hydrogen-bond acceptors (Lipinski definition) is 5. The van der Waals surface area contributed by atoms with E-state index in [1.165, 1.54) is 11.8 Å². The number of aryl methyl sites for hydroxylation is 2. The maximum absolute atomic E-state index is 12.3. The number of anilines is 1. The van der Waals surface area contributed by atoms with E-state index in [-0.39, 0.29) is 23.1 Å². The Morgan fingerprint density at radius 1 is 1.27 bits per heavy atom. The largest absolute Gasteiger partial charge is 0.325 e. The van der Waals surface area contributed by atoms with E-state index in [1.54, 1.807) is 10.5 Å². The Hall–Kier alpha value is -2.61. The van der Waals surface area contributed by atoms with Gasteiger partial charge < -0.3 is 5.32 Å². The quantitative estimate of drug-likeness (QED) is 0.673. The second-order valence-electron chi connectivity index (χ2n) is 6.51. The zero-order chi connectivity index (χ0) is 18.8. The first kappa shape index (κ1) is 18.2. The van der Waals surface area contributed by atoms with E-state index in [4.69, 9.17) is 0 Å². The molecule has 0 fully saturated rings. The Morgan fingerprint density at radius 3 is 2.73 bits per heavy atom. The van der Waals surface area contributed by atoms with Gasteiger partial charge in [0, 0.05) is 17.4 Å². The maximum Gasteiger partial charge on any atom is 0.252 e. The van der Waals surface area contributed by atoms with E-state index in [9.17, 15) is 9.59 Å². The van der Waals surface area contributed by atoms with Gasteiger partial charge in [0.15, 0.2) is 5.16 Å². The third kappa shape index (κ3) is 3.80. The highest BCUT2D eigenvalue weighted by Gasteiger charge is 2.15. The standard InChI is InChI=1S/C18H21N5O2S/c1-10(2)14-8-15(24)20-17-21-22-18(23(14)17)26-9-16(25)19-13-6-5-11(3)7-12(13)4/h5-8,10H,9H2,1-4H3,(H,19,25)(H,20,21,24). The second-order valence-corrected chi connectivity index (χ2v) is 7.45. The van der Waals surface area contributed by atoms with Gasteiger partial charge in [0.2, 0.25) is 11.7 Å². The molecule has 0 aliphatic carbocycles. The summed E-state index contributed by atoms with van der Waals surface area (Å²) < 4.78 is 1.79. The number of aromatic amines is 1. The molecular formula is C18H21N5O2S. The van der Waals surface area contributed by atoms with Crippen LogP contribution in [0.2, 0.25) is 0 Å². The summed E-state index contributed by atoms with van der Waals surface area (Å²) in [5.41, 5.74) is 3.58. The fraction of sp³-hybridized carbons (Fsp3) is 0.333. The monoisotopic (exact) mass is 371 g/mol. The molecule has 2 heterocycles. The summed E-state index contributed by atoms with van der Waals surface area (Å²) in [6, 6.07) is 7.44. The van der Waals surface area contributed by atoms with E-state index in [0.717, 1.165) is 22.5 Å². The molecule has 0 radical (unpaired) electrons. The lowest BCUT2D eigenvalue weighted by atomic mass is 10.1. The second kappa shape index (κ2) is 7.33. The minimum Gasteiger partial charge on any atom is -0.325 e. The predicted octanol–water partition coefficient (Wildman–Crippen LogP) is 2.89. The summed E-state index contributed by atoms with van der Waals surface area (Å²) in [7, 11) is 0. The molecule has 0 atom stereocenters. The molecule has 0 aliphatic heterocycles. The summed E-state index contributed by atoms with van der Waals surface area (Å²) in [6.07, 6.45) is 0. The number of nitrogens with zero attached hydrogens (tertiary/aromatic N) is 3. The Morgan fingerprint density at radius 2 is 2.04 bits per heavy atom. The van der Waals surface area contributed by atoms with Crippen molar-refractivity contribution >= 4 is 29.1 Å². The van der Waals surface area contributed by atoms with Gasteiger partial charge in [-0.2, -0.15) is 0 Å². The summed E-state index contributed by atoms with van der Waals surface area (Å²) in [5, 5.41) is 11.6. The number of benzene rings is 1. The number of nitrogens with one attached hydrogen (secondary N) is 2. The van der Waals surface area contributed by atoms with Gasteiger partial charge in [0.05, 0.1) is 5.75 Å². The average Bonchev–Trinajstić information content (AvgIpc) is 2.97. The minimum atomic E-state index is -0.210. The van der Waals surface area contributed by atoms with Gasteiger partial charge in [0.1, 0.15) is 0 Å². The highest BCUT2D eigenvalue weighted by atomic mass is 32.2. The van der Waals surface area contributed by atoms with Crippen molar-refractivity contribution in [1.82, 2.24) is 19.6 Å². The third-order valence-corrected chi connectivity index (χ3v) is 4.91. The molecule has 8 heteroatoms. The molecule has 26 heavy (non-hydrogen) atoms. The van der Waals surface area contributed by atoms with Crippen molar-refractivity contribution in [2.75, 3.05) is 11.1 Å². The molecule has 0 spiro atoms. The van der Waals surface area contributed by atoms with Crippen LogP contribution in [0.15, 0.2) is 34.2 Å². The Balaban J connectivity index is 1.77. The number of aromatic nitrogens is 4. The topological polar surface area (TPSA) is 92.2 Å². The predicted molar refractivity (Wildman–Crippen MR) is 103 cm³/mol. The number of fused-ring (bicyclic) bond motifs is 1. The van der Waals surface area contributed by atoms with E-state index < -0.39 is 0 Å². The molecule has 0 saturated carbocycles. The van der Waals surface area contributed by atoms with Crippen molar-refractivity contribution in [3.05, 3.63) is 51.4 Å².